The highest BCUT2D eigenvalue weighted by molar-refractivity contribution is 6.31. The molecule has 4 rings (SSSR count). The zero-order valence-corrected chi connectivity index (χ0v) is 18.0. The topological polar surface area (TPSA) is 71.0 Å². The number of carbonyl (C=O) groups excluding carboxylic acids is 2. The number of rotatable bonds is 7. The van der Waals surface area contributed by atoms with Crippen molar-refractivity contribution in [3.63, 3.8) is 0 Å². The first kappa shape index (κ1) is 21.6. The van der Waals surface area contributed by atoms with Crippen molar-refractivity contribution in [3.05, 3.63) is 95.0 Å². The van der Waals surface area contributed by atoms with E-state index >= 15 is 0 Å². The molecular weight excluding hydrogens is 426 g/mol. The van der Waals surface area contributed by atoms with Crippen molar-refractivity contribution in [2.45, 2.75) is 13.0 Å². The van der Waals surface area contributed by atoms with E-state index in [1.165, 1.54) is 0 Å². The molecule has 7 heteroatoms. The van der Waals surface area contributed by atoms with Crippen LogP contribution in [0.5, 0.6) is 5.75 Å². The van der Waals surface area contributed by atoms with Crippen molar-refractivity contribution in [1.29, 1.82) is 0 Å². The van der Waals surface area contributed by atoms with Crippen LogP contribution in [0.3, 0.4) is 0 Å². The minimum atomic E-state index is -0.440. The first-order valence-electron chi connectivity index (χ1n) is 10.2. The Morgan fingerprint density at radius 2 is 1.88 bits per heavy atom. The van der Waals surface area contributed by atoms with Gasteiger partial charge in [0.05, 0.1) is 12.1 Å². The van der Waals surface area contributed by atoms with Gasteiger partial charge in [0.25, 0.3) is 0 Å². The molecule has 1 fully saturated rings. The van der Waals surface area contributed by atoms with E-state index < -0.39 is 5.92 Å². The second kappa shape index (κ2) is 10.1. The summed E-state index contributed by atoms with van der Waals surface area (Å²) in [5.41, 5.74) is 5.01. The lowest BCUT2D eigenvalue weighted by atomic mass is 10.1. The Morgan fingerprint density at radius 1 is 1.09 bits per heavy atom. The second-order valence-electron chi connectivity index (χ2n) is 7.43. The van der Waals surface area contributed by atoms with Gasteiger partial charge < -0.3 is 9.64 Å². The molecule has 3 aromatic rings. The number of anilines is 1. The maximum absolute atomic E-state index is 12.5. The molecule has 0 radical (unpaired) electrons. The number of ether oxygens (including phenoxy) is 1. The molecule has 1 N–H and O–H groups in total. The number of hydrazone groups is 1. The van der Waals surface area contributed by atoms with Crippen LogP contribution in [0.2, 0.25) is 5.02 Å². The van der Waals surface area contributed by atoms with Crippen LogP contribution in [0.25, 0.3) is 0 Å². The SMILES string of the molecule is O=C(N/N=C\c1cccc(OCc2ccccc2Cl)c1)[C@H]1CC(=O)N(c2ccccc2)C1. The fourth-order valence-corrected chi connectivity index (χ4v) is 3.65. The highest BCUT2D eigenvalue weighted by Gasteiger charge is 2.34. The van der Waals surface area contributed by atoms with Crippen molar-refractivity contribution in [2.75, 3.05) is 11.4 Å². The van der Waals surface area contributed by atoms with Gasteiger partial charge in [-0.1, -0.05) is 60.1 Å². The number of para-hydroxylation sites is 1. The Bertz CT molecular complexity index is 1130. The summed E-state index contributed by atoms with van der Waals surface area (Å²) >= 11 is 6.16. The summed E-state index contributed by atoms with van der Waals surface area (Å²) in [5.74, 6) is -0.118. The van der Waals surface area contributed by atoms with E-state index in [9.17, 15) is 9.59 Å². The molecule has 0 unspecified atom stereocenters. The molecule has 1 atom stereocenters. The summed E-state index contributed by atoms with van der Waals surface area (Å²) in [6.45, 7) is 0.695. The van der Waals surface area contributed by atoms with Crippen molar-refractivity contribution in [1.82, 2.24) is 5.43 Å². The van der Waals surface area contributed by atoms with E-state index in [-0.39, 0.29) is 18.2 Å². The van der Waals surface area contributed by atoms with Crippen molar-refractivity contribution < 1.29 is 14.3 Å². The maximum Gasteiger partial charge on any atom is 0.245 e. The molecular formula is C25H22ClN3O3. The number of halogens is 1. The zero-order chi connectivity index (χ0) is 22.3. The van der Waals surface area contributed by atoms with Gasteiger partial charge in [0.2, 0.25) is 11.8 Å². The molecule has 0 aromatic heterocycles. The Morgan fingerprint density at radius 3 is 2.69 bits per heavy atom. The van der Waals surface area contributed by atoms with E-state index in [1.807, 2.05) is 78.9 Å². The number of nitrogens with one attached hydrogen (secondary N) is 1. The van der Waals surface area contributed by atoms with Crippen LogP contribution in [-0.4, -0.2) is 24.6 Å². The number of benzene rings is 3. The highest BCUT2D eigenvalue weighted by Crippen LogP contribution is 2.25. The summed E-state index contributed by atoms with van der Waals surface area (Å²) in [5, 5.41) is 4.71. The van der Waals surface area contributed by atoms with E-state index in [4.69, 9.17) is 16.3 Å². The molecule has 0 bridgehead atoms. The summed E-state index contributed by atoms with van der Waals surface area (Å²) in [6.07, 6.45) is 1.72. The first-order valence-corrected chi connectivity index (χ1v) is 10.6. The van der Waals surface area contributed by atoms with Crippen LogP contribution >= 0.6 is 11.6 Å². The molecule has 0 spiro atoms. The van der Waals surface area contributed by atoms with Crippen LogP contribution in [0.15, 0.2) is 84.0 Å². The van der Waals surface area contributed by atoms with Crippen LogP contribution < -0.4 is 15.1 Å². The lowest BCUT2D eigenvalue weighted by molar-refractivity contribution is -0.126. The largest absolute Gasteiger partial charge is 0.489 e. The van der Waals surface area contributed by atoms with Gasteiger partial charge in [-0.05, 0) is 35.9 Å². The molecule has 1 aliphatic rings. The predicted octanol–water partition coefficient (Wildman–Crippen LogP) is 4.42. The standard InChI is InChI=1S/C25H22ClN3O3/c26-23-12-5-4-8-19(23)17-32-22-11-6-7-18(13-22)15-27-28-25(31)20-14-24(30)29(16-20)21-9-2-1-3-10-21/h1-13,15,20H,14,16-17H2,(H,28,31)/b27-15-/t20-/m0/s1. The lowest BCUT2D eigenvalue weighted by Crippen LogP contribution is -2.30. The number of hydrogen-bond acceptors (Lipinski definition) is 4. The Balaban J connectivity index is 1.31. The normalized spacial score (nSPS) is 15.8. The van der Waals surface area contributed by atoms with Crippen molar-refractivity contribution in [2.24, 2.45) is 11.0 Å². The summed E-state index contributed by atoms with van der Waals surface area (Å²) in [6, 6.07) is 24.2. The van der Waals surface area contributed by atoms with Gasteiger partial charge >= 0.3 is 0 Å². The van der Waals surface area contributed by atoms with E-state index in [0.717, 1.165) is 16.8 Å². The Hall–Kier alpha value is -3.64. The summed E-state index contributed by atoms with van der Waals surface area (Å²) in [7, 11) is 0. The fourth-order valence-electron chi connectivity index (χ4n) is 3.46. The fraction of sp³-hybridized carbons (Fsp3) is 0.160. The van der Waals surface area contributed by atoms with Crippen LogP contribution in [0.4, 0.5) is 5.69 Å². The van der Waals surface area contributed by atoms with Crippen LogP contribution in [0.1, 0.15) is 17.5 Å². The number of nitrogens with zero attached hydrogens (tertiary/aromatic N) is 2. The van der Waals surface area contributed by atoms with Crippen molar-refractivity contribution >= 4 is 35.3 Å². The molecule has 162 valence electrons. The number of hydrogen-bond donors (Lipinski definition) is 1. The predicted molar refractivity (Wildman–Crippen MR) is 125 cm³/mol. The molecule has 1 saturated heterocycles. The molecule has 0 saturated carbocycles. The molecule has 2 amide bonds. The molecule has 0 aliphatic carbocycles. The van der Waals surface area contributed by atoms with Gasteiger partial charge in [-0.25, -0.2) is 5.43 Å². The minimum absolute atomic E-state index is 0.0660. The molecule has 3 aromatic carbocycles. The minimum Gasteiger partial charge on any atom is -0.489 e. The zero-order valence-electron chi connectivity index (χ0n) is 17.3. The Kier molecular flexibility index (Phi) is 6.82. The third kappa shape index (κ3) is 5.34. The number of carbonyl (C=O) groups is 2. The van der Waals surface area contributed by atoms with E-state index in [2.05, 4.69) is 10.5 Å². The number of amides is 2. The van der Waals surface area contributed by atoms with Crippen molar-refractivity contribution in [3.8, 4) is 5.75 Å². The summed E-state index contributed by atoms with van der Waals surface area (Å²) in [4.78, 5) is 26.4. The van der Waals surface area contributed by atoms with Gasteiger partial charge in [-0.15, -0.1) is 0 Å². The first-order chi connectivity index (χ1) is 15.6. The molecule has 1 heterocycles. The molecule has 6 nitrogen and oxygen atoms in total. The van der Waals surface area contributed by atoms with E-state index in [0.29, 0.717) is 23.9 Å². The van der Waals surface area contributed by atoms with Crippen LogP contribution in [-0.2, 0) is 16.2 Å². The third-order valence-electron chi connectivity index (χ3n) is 5.16. The molecule has 1 aliphatic heterocycles. The van der Waals surface area contributed by atoms with Gasteiger partial charge in [0.15, 0.2) is 0 Å². The van der Waals surface area contributed by atoms with Gasteiger partial charge in [-0.3, -0.25) is 9.59 Å². The van der Waals surface area contributed by atoms with Gasteiger partial charge in [0, 0.05) is 29.2 Å². The molecule has 32 heavy (non-hydrogen) atoms. The van der Waals surface area contributed by atoms with Gasteiger partial charge in [0.1, 0.15) is 12.4 Å². The average molecular weight is 448 g/mol. The summed E-state index contributed by atoms with van der Waals surface area (Å²) < 4.78 is 5.81. The second-order valence-corrected chi connectivity index (χ2v) is 7.83. The third-order valence-corrected chi connectivity index (χ3v) is 5.53. The quantitative estimate of drug-likeness (QED) is 0.430. The van der Waals surface area contributed by atoms with Crippen LogP contribution in [0, 0.1) is 5.92 Å². The average Bonchev–Trinajstić information content (AvgIpc) is 3.21. The monoisotopic (exact) mass is 447 g/mol. The lowest BCUT2D eigenvalue weighted by Gasteiger charge is -2.16. The Labute approximate surface area is 191 Å². The highest BCUT2D eigenvalue weighted by atomic mass is 35.5. The van der Waals surface area contributed by atoms with Gasteiger partial charge in [-0.2, -0.15) is 5.10 Å². The smallest absolute Gasteiger partial charge is 0.245 e. The maximum atomic E-state index is 12.5. The van der Waals surface area contributed by atoms with E-state index in [1.54, 1.807) is 11.1 Å².